The quantitative estimate of drug-likeness (QED) is 0.503. The van der Waals surface area contributed by atoms with Gasteiger partial charge in [-0.25, -0.2) is 9.37 Å². The van der Waals surface area contributed by atoms with Crippen LogP contribution in [0.5, 0.6) is 0 Å². The summed E-state index contributed by atoms with van der Waals surface area (Å²) >= 11 is 0. The summed E-state index contributed by atoms with van der Waals surface area (Å²) in [5.74, 6) is 1.05. The van der Waals surface area contributed by atoms with Crippen molar-refractivity contribution in [3.05, 3.63) is 71.1 Å². The van der Waals surface area contributed by atoms with E-state index in [9.17, 15) is 9.50 Å². The van der Waals surface area contributed by atoms with Crippen LogP contribution in [0, 0.1) is 0 Å². The van der Waals surface area contributed by atoms with Gasteiger partial charge in [-0.05, 0) is 67.0 Å². The van der Waals surface area contributed by atoms with Crippen molar-refractivity contribution in [3.8, 4) is 0 Å². The maximum absolute atomic E-state index is 12.8. The maximum Gasteiger partial charge on any atom is 0.129 e. The van der Waals surface area contributed by atoms with E-state index in [1.165, 1.54) is 12.0 Å². The predicted molar refractivity (Wildman–Crippen MR) is 120 cm³/mol. The Hall–Kier alpha value is -2.79. The summed E-state index contributed by atoms with van der Waals surface area (Å²) < 4.78 is 12.8. The van der Waals surface area contributed by atoms with E-state index >= 15 is 0 Å². The van der Waals surface area contributed by atoms with Crippen molar-refractivity contribution < 1.29 is 9.50 Å². The molecule has 3 aromatic rings. The molecule has 1 aliphatic rings. The molecule has 156 valence electrons. The smallest absolute Gasteiger partial charge is 0.129 e. The van der Waals surface area contributed by atoms with Crippen LogP contribution in [-0.2, 0) is 19.5 Å². The van der Waals surface area contributed by atoms with Crippen LogP contribution in [-0.4, -0.2) is 27.7 Å². The number of hydrogen-bond acceptors (Lipinski definition) is 4. The van der Waals surface area contributed by atoms with Crippen LogP contribution in [0.2, 0.25) is 0 Å². The standard InChI is InChI=1S/C25H28FN3O/c26-16-18-7-9-21-14-19(17-28-24(21)15-18)8-12-23(30)6-2-1-5-22-11-10-20-4-3-13-27-25(20)29-22/h7-12,14-15,17,23,30H,1-6,13,16H2,(H,27,29)/b12-8+. The lowest BCUT2D eigenvalue weighted by Crippen LogP contribution is -2.14. The Bertz CT molecular complexity index is 1030. The summed E-state index contributed by atoms with van der Waals surface area (Å²) in [5, 5.41) is 14.6. The molecule has 0 fully saturated rings. The molecular formula is C25H28FN3O. The zero-order chi connectivity index (χ0) is 20.8. The van der Waals surface area contributed by atoms with Crippen molar-refractivity contribution in [3.63, 3.8) is 0 Å². The number of aromatic nitrogens is 2. The molecule has 0 bridgehead atoms. The minimum Gasteiger partial charge on any atom is -0.389 e. The predicted octanol–water partition coefficient (Wildman–Crippen LogP) is 5.24. The molecule has 4 nitrogen and oxygen atoms in total. The number of nitrogens with zero attached hydrogens (tertiary/aromatic N) is 2. The number of rotatable bonds is 8. The van der Waals surface area contributed by atoms with E-state index in [-0.39, 0.29) is 0 Å². The molecular weight excluding hydrogens is 377 g/mol. The van der Waals surface area contributed by atoms with Crippen molar-refractivity contribution in [2.24, 2.45) is 0 Å². The van der Waals surface area contributed by atoms with Crippen molar-refractivity contribution in [2.75, 3.05) is 11.9 Å². The van der Waals surface area contributed by atoms with E-state index < -0.39 is 12.8 Å². The van der Waals surface area contributed by atoms with E-state index in [0.29, 0.717) is 5.56 Å². The third-order valence-electron chi connectivity index (χ3n) is 5.57. The van der Waals surface area contributed by atoms with Gasteiger partial charge in [0.1, 0.15) is 12.5 Å². The van der Waals surface area contributed by atoms with Crippen molar-refractivity contribution in [1.82, 2.24) is 9.97 Å². The summed E-state index contributed by atoms with van der Waals surface area (Å²) in [4.78, 5) is 9.12. The third kappa shape index (κ3) is 5.22. The number of hydrogen-bond donors (Lipinski definition) is 2. The first-order chi connectivity index (χ1) is 14.7. The summed E-state index contributed by atoms with van der Waals surface area (Å²) in [6.07, 6.45) is 10.9. The maximum atomic E-state index is 12.8. The van der Waals surface area contributed by atoms with Crippen LogP contribution in [0.3, 0.4) is 0 Å². The molecule has 1 aromatic carbocycles. The largest absolute Gasteiger partial charge is 0.389 e. The number of aliphatic hydroxyl groups is 1. The number of unbranched alkanes of at least 4 members (excludes halogenated alkanes) is 1. The molecule has 0 saturated heterocycles. The van der Waals surface area contributed by atoms with Gasteiger partial charge in [-0.2, -0.15) is 0 Å². The average Bonchev–Trinajstić information content (AvgIpc) is 2.80. The molecule has 0 spiro atoms. The van der Waals surface area contributed by atoms with Gasteiger partial charge in [0, 0.05) is 23.8 Å². The lowest BCUT2D eigenvalue weighted by Gasteiger charge is -2.17. The summed E-state index contributed by atoms with van der Waals surface area (Å²) in [6.45, 7) is 0.526. The number of alkyl halides is 1. The Morgan fingerprint density at radius 2 is 2.10 bits per heavy atom. The monoisotopic (exact) mass is 405 g/mol. The van der Waals surface area contributed by atoms with Gasteiger partial charge in [-0.1, -0.05) is 36.8 Å². The van der Waals surface area contributed by atoms with Gasteiger partial charge in [0.2, 0.25) is 0 Å². The summed E-state index contributed by atoms with van der Waals surface area (Å²) in [6, 6.07) is 11.8. The Kier molecular flexibility index (Phi) is 6.70. The highest BCUT2D eigenvalue weighted by molar-refractivity contribution is 5.81. The molecule has 0 aliphatic carbocycles. The van der Waals surface area contributed by atoms with Crippen molar-refractivity contribution >= 4 is 22.8 Å². The fourth-order valence-corrected chi connectivity index (χ4v) is 3.84. The fraction of sp³-hybridized carbons (Fsp3) is 0.360. The van der Waals surface area contributed by atoms with Gasteiger partial charge in [-0.3, -0.25) is 4.98 Å². The molecule has 1 aliphatic heterocycles. The van der Waals surface area contributed by atoms with Gasteiger partial charge in [0.05, 0.1) is 11.6 Å². The second kappa shape index (κ2) is 9.81. The van der Waals surface area contributed by atoms with Crippen LogP contribution < -0.4 is 5.32 Å². The second-order valence-electron chi connectivity index (χ2n) is 7.94. The Labute approximate surface area is 176 Å². The van der Waals surface area contributed by atoms with Gasteiger partial charge in [-0.15, -0.1) is 0 Å². The third-order valence-corrected chi connectivity index (χ3v) is 5.57. The molecule has 1 atom stereocenters. The van der Waals surface area contributed by atoms with E-state index in [2.05, 4.69) is 22.4 Å². The molecule has 5 heteroatoms. The number of anilines is 1. The first kappa shape index (κ1) is 20.5. The Morgan fingerprint density at radius 3 is 3.00 bits per heavy atom. The molecule has 4 rings (SSSR count). The zero-order valence-corrected chi connectivity index (χ0v) is 17.1. The normalized spacial score (nSPS) is 14.6. The first-order valence-electron chi connectivity index (χ1n) is 10.7. The molecule has 1 unspecified atom stereocenters. The second-order valence-corrected chi connectivity index (χ2v) is 7.94. The highest BCUT2D eigenvalue weighted by Gasteiger charge is 2.10. The zero-order valence-electron chi connectivity index (χ0n) is 17.1. The number of fused-ring (bicyclic) bond motifs is 2. The SMILES string of the molecule is OC(/C=C/c1cnc2cc(CF)ccc2c1)CCCCc1ccc2c(n1)NCCC2. The molecule has 3 heterocycles. The number of aryl methyl sites for hydroxylation is 2. The van der Waals surface area contributed by atoms with Crippen molar-refractivity contribution in [2.45, 2.75) is 51.3 Å². The van der Waals surface area contributed by atoms with E-state index in [4.69, 9.17) is 4.98 Å². The minimum atomic E-state index is -0.481. The highest BCUT2D eigenvalue weighted by atomic mass is 19.1. The number of benzene rings is 1. The number of aliphatic hydroxyl groups excluding tert-OH is 1. The fourth-order valence-electron chi connectivity index (χ4n) is 3.84. The summed E-state index contributed by atoms with van der Waals surface area (Å²) in [5.41, 5.74) is 4.78. The van der Waals surface area contributed by atoms with Crippen molar-refractivity contribution in [1.29, 1.82) is 0 Å². The number of pyridine rings is 2. The Balaban J connectivity index is 1.25. The van der Waals surface area contributed by atoms with Gasteiger partial charge in [0.25, 0.3) is 0 Å². The van der Waals surface area contributed by atoms with E-state index in [1.54, 1.807) is 18.3 Å². The number of nitrogens with one attached hydrogen (secondary N) is 1. The van der Waals surface area contributed by atoms with Crippen LogP contribution in [0.1, 0.15) is 48.1 Å². The number of halogens is 1. The average molecular weight is 406 g/mol. The van der Waals surface area contributed by atoms with Gasteiger partial charge < -0.3 is 10.4 Å². The highest BCUT2D eigenvalue weighted by Crippen LogP contribution is 2.21. The molecule has 2 N–H and O–H groups in total. The van der Waals surface area contributed by atoms with Crippen LogP contribution >= 0.6 is 0 Å². The molecule has 0 radical (unpaired) electrons. The van der Waals surface area contributed by atoms with Crippen LogP contribution in [0.15, 0.2) is 48.7 Å². The first-order valence-corrected chi connectivity index (χ1v) is 10.7. The van der Waals surface area contributed by atoms with Crippen LogP contribution in [0.4, 0.5) is 10.2 Å². The summed E-state index contributed by atoms with van der Waals surface area (Å²) in [7, 11) is 0. The lowest BCUT2D eigenvalue weighted by molar-refractivity contribution is 0.209. The topological polar surface area (TPSA) is 58.0 Å². The molecule has 0 amide bonds. The lowest BCUT2D eigenvalue weighted by atomic mass is 10.0. The van der Waals surface area contributed by atoms with Crippen LogP contribution in [0.25, 0.3) is 17.0 Å². The molecule has 0 saturated carbocycles. The van der Waals surface area contributed by atoms with E-state index in [1.807, 2.05) is 24.3 Å². The van der Waals surface area contributed by atoms with Gasteiger partial charge >= 0.3 is 0 Å². The van der Waals surface area contributed by atoms with Gasteiger partial charge in [0.15, 0.2) is 0 Å². The molecule has 30 heavy (non-hydrogen) atoms. The minimum absolute atomic E-state index is 0.479. The van der Waals surface area contributed by atoms with E-state index in [0.717, 1.165) is 66.6 Å². The molecule has 2 aromatic heterocycles. The Morgan fingerprint density at radius 1 is 1.17 bits per heavy atom.